The molecule has 0 bridgehead atoms. The van der Waals surface area contributed by atoms with Crippen LogP contribution in [0.25, 0.3) is 0 Å². The molecule has 0 heterocycles. The number of hydrogen-bond donors (Lipinski definition) is 2. The number of aliphatic hydroxyl groups excluding tert-OH is 1. The van der Waals surface area contributed by atoms with Gasteiger partial charge in [-0.15, -0.1) is 0 Å². The van der Waals surface area contributed by atoms with Crippen LogP contribution in [-0.2, 0) is 4.74 Å². The molecule has 0 aromatic heterocycles. The van der Waals surface area contributed by atoms with Crippen molar-refractivity contribution in [3.63, 3.8) is 0 Å². The number of rotatable bonds is 6. The molecule has 4 heteroatoms. The van der Waals surface area contributed by atoms with Gasteiger partial charge in [0, 0.05) is 12.2 Å². The van der Waals surface area contributed by atoms with Gasteiger partial charge in [0.2, 0.25) is 0 Å². The van der Waals surface area contributed by atoms with Crippen LogP contribution in [0.15, 0.2) is 18.2 Å². The Bertz CT molecular complexity index is 305. The van der Waals surface area contributed by atoms with Crippen LogP contribution in [0.3, 0.4) is 0 Å². The first kappa shape index (κ1) is 11.9. The van der Waals surface area contributed by atoms with Gasteiger partial charge in [-0.05, 0) is 24.6 Å². The Morgan fingerprint density at radius 1 is 1.40 bits per heavy atom. The number of aryl methyl sites for hydroxylation is 1. The van der Waals surface area contributed by atoms with Gasteiger partial charge in [-0.2, -0.15) is 0 Å². The van der Waals surface area contributed by atoms with Crippen molar-refractivity contribution in [3.05, 3.63) is 29.6 Å². The second-order valence-electron chi connectivity index (χ2n) is 3.22. The molecule has 0 unspecified atom stereocenters. The normalized spacial score (nSPS) is 10.3. The molecule has 15 heavy (non-hydrogen) atoms. The van der Waals surface area contributed by atoms with Crippen molar-refractivity contribution in [2.45, 2.75) is 6.92 Å². The smallest absolute Gasteiger partial charge is 0.125 e. The highest BCUT2D eigenvalue weighted by Crippen LogP contribution is 2.15. The van der Waals surface area contributed by atoms with Crippen LogP contribution in [0, 0.1) is 12.7 Å². The Kier molecular flexibility index (Phi) is 5.07. The van der Waals surface area contributed by atoms with E-state index in [1.165, 1.54) is 12.1 Å². The van der Waals surface area contributed by atoms with E-state index in [1.807, 2.05) is 6.92 Å². The molecule has 0 saturated heterocycles. The van der Waals surface area contributed by atoms with E-state index < -0.39 is 0 Å². The highest BCUT2D eigenvalue weighted by Gasteiger charge is 1.98. The summed E-state index contributed by atoms with van der Waals surface area (Å²) in [5, 5.41) is 11.5. The molecule has 1 rings (SSSR count). The van der Waals surface area contributed by atoms with Crippen molar-refractivity contribution in [2.24, 2.45) is 0 Å². The van der Waals surface area contributed by atoms with Gasteiger partial charge < -0.3 is 15.2 Å². The van der Waals surface area contributed by atoms with E-state index in [-0.39, 0.29) is 12.4 Å². The summed E-state index contributed by atoms with van der Waals surface area (Å²) in [5.74, 6) is -0.251. The minimum absolute atomic E-state index is 0.0268. The maximum Gasteiger partial charge on any atom is 0.125 e. The summed E-state index contributed by atoms with van der Waals surface area (Å²) in [6.45, 7) is 3.37. The number of aliphatic hydroxyl groups is 1. The first-order valence-corrected chi connectivity index (χ1v) is 4.92. The third-order valence-electron chi connectivity index (χ3n) is 2.00. The molecule has 0 amide bonds. The van der Waals surface area contributed by atoms with Gasteiger partial charge in [0.15, 0.2) is 0 Å². The van der Waals surface area contributed by atoms with E-state index in [4.69, 9.17) is 9.84 Å². The van der Waals surface area contributed by atoms with Crippen molar-refractivity contribution >= 4 is 5.69 Å². The molecular weight excluding hydrogens is 197 g/mol. The highest BCUT2D eigenvalue weighted by molar-refractivity contribution is 5.50. The zero-order chi connectivity index (χ0) is 11.1. The van der Waals surface area contributed by atoms with Gasteiger partial charge in [-0.3, -0.25) is 0 Å². The molecule has 2 N–H and O–H groups in total. The van der Waals surface area contributed by atoms with E-state index in [2.05, 4.69) is 5.32 Å². The molecule has 0 saturated carbocycles. The summed E-state index contributed by atoms with van der Waals surface area (Å²) < 4.78 is 17.9. The van der Waals surface area contributed by atoms with Gasteiger partial charge >= 0.3 is 0 Å². The van der Waals surface area contributed by atoms with Crippen LogP contribution in [0.5, 0.6) is 0 Å². The topological polar surface area (TPSA) is 41.5 Å². The largest absolute Gasteiger partial charge is 0.394 e. The molecule has 0 aliphatic heterocycles. The van der Waals surface area contributed by atoms with E-state index in [9.17, 15) is 4.39 Å². The van der Waals surface area contributed by atoms with Crippen molar-refractivity contribution < 1.29 is 14.2 Å². The van der Waals surface area contributed by atoms with Crippen LogP contribution in [-0.4, -0.2) is 31.5 Å². The van der Waals surface area contributed by atoms with Crippen LogP contribution >= 0.6 is 0 Å². The van der Waals surface area contributed by atoms with Crippen LogP contribution in [0.2, 0.25) is 0 Å². The van der Waals surface area contributed by atoms with Crippen molar-refractivity contribution in [1.29, 1.82) is 0 Å². The Balaban J connectivity index is 2.33. The number of hydrogen-bond acceptors (Lipinski definition) is 3. The van der Waals surface area contributed by atoms with Gasteiger partial charge in [0.1, 0.15) is 5.82 Å². The lowest BCUT2D eigenvalue weighted by molar-refractivity contribution is 0.0992. The zero-order valence-electron chi connectivity index (χ0n) is 8.79. The Labute approximate surface area is 88.9 Å². The Hall–Kier alpha value is -1.13. The van der Waals surface area contributed by atoms with E-state index in [0.717, 1.165) is 11.3 Å². The summed E-state index contributed by atoms with van der Waals surface area (Å²) >= 11 is 0. The molecule has 1 aromatic rings. The predicted octanol–water partition coefficient (Wildman–Crippen LogP) is 1.55. The molecule has 0 aliphatic rings. The van der Waals surface area contributed by atoms with Gasteiger partial charge in [-0.1, -0.05) is 6.07 Å². The third-order valence-corrected chi connectivity index (χ3v) is 2.00. The number of halogens is 1. The van der Waals surface area contributed by atoms with Gasteiger partial charge in [-0.25, -0.2) is 4.39 Å². The molecule has 0 aliphatic carbocycles. The Morgan fingerprint density at radius 3 is 2.93 bits per heavy atom. The molecule has 0 radical (unpaired) electrons. The zero-order valence-corrected chi connectivity index (χ0v) is 8.79. The summed E-state index contributed by atoms with van der Waals surface area (Å²) in [4.78, 5) is 0. The van der Waals surface area contributed by atoms with E-state index in [0.29, 0.717) is 19.8 Å². The first-order chi connectivity index (χ1) is 7.24. The quantitative estimate of drug-likeness (QED) is 0.704. The minimum atomic E-state index is -0.251. The first-order valence-electron chi connectivity index (χ1n) is 4.92. The fraction of sp³-hybridized carbons (Fsp3) is 0.455. The lowest BCUT2D eigenvalue weighted by atomic mass is 10.2. The second-order valence-corrected chi connectivity index (χ2v) is 3.22. The van der Waals surface area contributed by atoms with Crippen molar-refractivity contribution in [2.75, 3.05) is 31.7 Å². The lowest BCUT2D eigenvalue weighted by Crippen LogP contribution is -2.12. The number of benzene rings is 1. The maximum atomic E-state index is 12.9. The summed E-state index contributed by atoms with van der Waals surface area (Å²) in [6.07, 6.45) is 0. The lowest BCUT2D eigenvalue weighted by Gasteiger charge is -2.09. The average Bonchev–Trinajstić information content (AvgIpc) is 2.23. The summed E-state index contributed by atoms with van der Waals surface area (Å²) in [6, 6.07) is 4.62. The molecule has 0 spiro atoms. The van der Waals surface area contributed by atoms with Crippen molar-refractivity contribution in [1.82, 2.24) is 0 Å². The standard InChI is InChI=1S/C11H16FNO2/c1-9-2-3-10(12)8-11(9)13-4-6-15-7-5-14/h2-3,8,13-14H,4-7H2,1H3. The number of nitrogens with one attached hydrogen (secondary N) is 1. The molecule has 3 nitrogen and oxygen atoms in total. The molecule has 0 atom stereocenters. The highest BCUT2D eigenvalue weighted by atomic mass is 19.1. The maximum absolute atomic E-state index is 12.9. The summed E-state index contributed by atoms with van der Waals surface area (Å²) in [5.41, 5.74) is 1.78. The van der Waals surface area contributed by atoms with Gasteiger partial charge in [0.05, 0.1) is 19.8 Å². The van der Waals surface area contributed by atoms with E-state index in [1.54, 1.807) is 6.07 Å². The van der Waals surface area contributed by atoms with E-state index >= 15 is 0 Å². The predicted molar refractivity (Wildman–Crippen MR) is 57.5 cm³/mol. The SMILES string of the molecule is Cc1ccc(F)cc1NCCOCCO. The van der Waals surface area contributed by atoms with Gasteiger partial charge in [0.25, 0.3) is 0 Å². The van der Waals surface area contributed by atoms with Crippen LogP contribution < -0.4 is 5.32 Å². The molecule has 0 fully saturated rings. The monoisotopic (exact) mass is 213 g/mol. The molecule has 84 valence electrons. The third kappa shape index (κ3) is 4.27. The fourth-order valence-electron chi connectivity index (χ4n) is 1.21. The summed E-state index contributed by atoms with van der Waals surface area (Å²) in [7, 11) is 0. The van der Waals surface area contributed by atoms with Crippen LogP contribution in [0.1, 0.15) is 5.56 Å². The van der Waals surface area contributed by atoms with Crippen LogP contribution in [0.4, 0.5) is 10.1 Å². The second kappa shape index (κ2) is 6.37. The molecular formula is C11H16FNO2. The molecule has 1 aromatic carbocycles. The number of ether oxygens (including phenoxy) is 1. The van der Waals surface area contributed by atoms with Crippen molar-refractivity contribution in [3.8, 4) is 0 Å². The average molecular weight is 213 g/mol. The fourth-order valence-corrected chi connectivity index (χ4v) is 1.21. The Morgan fingerprint density at radius 2 is 2.20 bits per heavy atom. The minimum Gasteiger partial charge on any atom is -0.394 e. The number of anilines is 1.